The van der Waals surface area contributed by atoms with Gasteiger partial charge in [-0.3, -0.25) is 9.78 Å². The Kier molecular flexibility index (Phi) is 3.78. The molecule has 0 bridgehead atoms. The molecule has 0 saturated heterocycles. The molecule has 0 atom stereocenters. The Balaban J connectivity index is 2.32. The minimum absolute atomic E-state index is 0.143. The highest BCUT2D eigenvalue weighted by molar-refractivity contribution is 6.34. The number of hydrogen-bond acceptors (Lipinski definition) is 2. The molecule has 0 amide bonds. The molecule has 2 nitrogen and oxygen atoms in total. The standard InChI is InChI=1S/C15H14ClNO/c1-10(2)11-5-7-12(8-6-11)15(18)14-13(16)4-3-9-17-14/h3-10H,1-2H3. The van der Waals surface area contributed by atoms with Gasteiger partial charge in [-0.2, -0.15) is 0 Å². The number of ketones is 1. The summed E-state index contributed by atoms with van der Waals surface area (Å²) in [5, 5.41) is 0.385. The molecule has 0 spiro atoms. The molecule has 3 heteroatoms. The first-order chi connectivity index (χ1) is 8.59. The summed E-state index contributed by atoms with van der Waals surface area (Å²) in [5.74, 6) is 0.309. The number of carbonyl (C=O) groups excluding carboxylic acids is 1. The lowest BCUT2D eigenvalue weighted by atomic mass is 9.99. The average molecular weight is 260 g/mol. The molecule has 1 aromatic heterocycles. The first-order valence-corrected chi connectivity index (χ1v) is 6.22. The first-order valence-electron chi connectivity index (χ1n) is 5.84. The molecule has 0 radical (unpaired) electrons. The van der Waals surface area contributed by atoms with E-state index in [4.69, 9.17) is 11.6 Å². The van der Waals surface area contributed by atoms with Crippen molar-refractivity contribution in [3.63, 3.8) is 0 Å². The Morgan fingerprint density at radius 1 is 1.17 bits per heavy atom. The van der Waals surface area contributed by atoms with Gasteiger partial charge in [0.25, 0.3) is 0 Å². The molecule has 92 valence electrons. The highest BCUT2D eigenvalue weighted by atomic mass is 35.5. The van der Waals surface area contributed by atoms with E-state index >= 15 is 0 Å². The van der Waals surface area contributed by atoms with Crippen molar-refractivity contribution in [3.8, 4) is 0 Å². The molecular weight excluding hydrogens is 246 g/mol. The topological polar surface area (TPSA) is 30.0 Å². The minimum atomic E-state index is -0.143. The zero-order chi connectivity index (χ0) is 13.1. The summed E-state index contributed by atoms with van der Waals surface area (Å²) in [6.07, 6.45) is 1.57. The third kappa shape index (κ3) is 2.59. The van der Waals surface area contributed by atoms with Crippen molar-refractivity contribution >= 4 is 17.4 Å². The van der Waals surface area contributed by atoms with Gasteiger partial charge in [0.05, 0.1) is 5.02 Å². The second-order valence-corrected chi connectivity index (χ2v) is 4.85. The fourth-order valence-corrected chi connectivity index (χ4v) is 1.92. The van der Waals surface area contributed by atoms with Crippen LogP contribution in [-0.4, -0.2) is 10.8 Å². The van der Waals surface area contributed by atoms with Crippen molar-refractivity contribution in [3.05, 3.63) is 64.4 Å². The molecule has 0 aliphatic carbocycles. The summed E-state index contributed by atoms with van der Waals surface area (Å²) in [4.78, 5) is 16.2. The normalized spacial score (nSPS) is 10.7. The van der Waals surface area contributed by atoms with Gasteiger partial charge in [-0.1, -0.05) is 49.7 Å². The van der Waals surface area contributed by atoms with E-state index in [2.05, 4.69) is 18.8 Å². The molecular formula is C15H14ClNO. The SMILES string of the molecule is CC(C)c1ccc(C(=O)c2ncccc2Cl)cc1. The number of benzene rings is 1. The van der Waals surface area contributed by atoms with Gasteiger partial charge in [0.2, 0.25) is 5.78 Å². The van der Waals surface area contributed by atoms with Crippen LogP contribution in [-0.2, 0) is 0 Å². The summed E-state index contributed by atoms with van der Waals surface area (Å²) in [6.45, 7) is 4.24. The third-order valence-electron chi connectivity index (χ3n) is 2.81. The predicted molar refractivity (Wildman–Crippen MR) is 73.2 cm³/mol. The Hall–Kier alpha value is -1.67. The molecule has 0 unspecified atom stereocenters. The summed E-state index contributed by atoms with van der Waals surface area (Å²) >= 11 is 5.97. The largest absolute Gasteiger partial charge is 0.287 e. The zero-order valence-corrected chi connectivity index (χ0v) is 11.1. The van der Waals surface area contributed by atoms with E-state index in [1.54, 1.807) is 18.3 Å². The smallest absolute Gasteiger partial charge is 0.212 e. The second kappa shape index (κ2) is 5.32. The molecule has 2 aromatic rings. The molecule has 1 heterocycles. The maximum absolute atomic E-state index is 12.2. The van der Waals surface area contributed by atoms with Crippen molar-refractivity contribution in [1.82, 2.24) is 4.98 Å². The van der Waals surface area contributed by atoms with E-state index in [0.717, 1.165) is 0 Å². The van der Waals surface area contributed by atoms with Gasteiger partial charge in [0.15, 0.2) is 0 Å². The van der Waals surface area contributed by atoms with Crippen LogP contribution < -0.4 is 0 Å². The number of nitrogens with zero attached hydrogens (tertiary/aromatic N) is 1. The number of rotatable bonds is 3. The fraction of sp³-hybridized carbons (Fsp3) is 0.200. The van der Waals surface area contributed by atoms with Crippen molar-refractivity contribution in [2.75, 3.05) is 0 Å². The third-order valence-corrected chi connectivity index (χ3v) is 3.12. The van der Waals surface area contributed by atoms with Gasteiger partial charge >= 0.3 is 0 Å². The van der Waals surface area contributed by atoms with Crippen LogP contribution in [0, 0.1) is 0 Å². The van der Waals surface area contributed by atoms with Crippen LogP contribution in [0.25, 0.3) is 0 Å². The van der Waals surface area contributed by atoms with Crippen LogP contribution in [0.2, 0.25) is 5.02 Å². The van der Waals surface area contributed by atoms with Crippen LogP contribution >= 0.6 is 11.6 Å². The summed E-state index contributed by atoms with van der Waals surface area (Å²) < 4.78 is 0. The van der Waals surface area contributed by atoms with Gasteiger partial charge in [0, 0.05) is 11.8 Å². The lowest BCUT2D eigenvalue weighted by Crippen LogP contribution is -2.04. The van der Waals surface area contributed by atoms with E-state index in [1.165, 1.54) is 5.56 Å². The van der Waals surface area contributed by atoms with Crippen LogP contribution in [0.15, 0.2) is 42.6 Å². The van der Waals surface area contributed by atoms with Gasteiger partial charge in [-0.25, -0.2) is 0 Å². The molecule has 2 rings (SSSR count). The van der Waals surface area contributed by atoms with Gasteiger partial charge in [-0.05, 0) is 23.6 Å². The zero-order valence-electron chi connectivity index (χ0n) is 10.4. The van der Waals surface area contributed by atoms with Crippen molar-refractivity contribution < 1.29 is 4.79 Å². The lowest BCUT2D eigenvalue weighted by molar-refractivity contribution is 0.103. The number of carbonyl (C=O) groups is 1. The minimum Gasteiger partial charge on any atom is -0.287 e. The van der Waals surface area contributed by atoms with Crippen molar-refractivity contribution in [2.45, 2.75) is 19.8 Å². The van der Waals surface area contributed by atoms with E-state index < -0.39 is 0 Å². The highest BCUT2D eigenvalue weighted by Gasteiger charge is 2.13. The molecule has 0 N–H and O–H groups in total. The van der Waals surface area contributed by atoms with E-state index in [9.17, 15) is 4.79 Å². The molecule has 18 heavy (non-hydrogen) atoms. The maximum atomic E-state index is 12.2. The fourth-order valence-electron chi connectivity index (χ4n) is 1.71. The van der Waals surface area contributed by atoms with Crippen LogP contribution in [0.5, 0.6) is 0 Å². The summed E-state index contributed by atoms with van der Waals surface area (Å²) in [5.41, 5.74) is 2.12. The van der Waals surface area contributed by atoms with Gasteiger partial charge in [0.1, 0.15) is 5.69 Å². The number of halogens is 1. The van der Waals surface area contributed by atoms with Crippen molar-refractivity contribution in [1.29, 1.82) is 0 Å². The average Bonchev–Trinajstić information content (AvgIpc) is 2.38. The van der Waals surface area contributed by atoms with Gasteiger partial charge in [-0.15, -0.1) is 0 Å². The van der Waals surface area contributed by atoms with E-state index in [0.29, 0.717) is 22.2 Å². The Labute approximate surface area is 112 Å². The first kappa shape index (κ1) is 12.8. The summed E-state index contributed by atoms with van der Waals surface area (Å²) in [7, 11) is 0. The molecule has 0 aliphatic rings. The lowest BCUT2D eigenvalue weighted by Gasteiger charge is -2.06. The highest BCUT2D eigenvalue weighted by Crippen LogP contribution is 2.19. The predicted octanol–water partition coefficient (Wildman–Crippen LogP) is 4.09. The molecule has 1 aromatic carbocycles. The molecule has 0 fully saturated rings. The Morgan fingerprint density at radius 3 is 2.39 bits per heavy atom. The van der Waals surface area contributed by atoms with E-state index in [-0.39, 0.29) is 5.78 Å². The van der Waals surface area contributed by atoms with Crippen molar-refractivity contribution in [2.24, 2.45) is 0 Å². The maximum Gasteiger partial charge on any atom is 0.212 e. The Bertz CT molecular complexity index is 561. The summed E-state index contributed by atoms with van der Waals surface area (Å²) in [6, 6.07) is 11.0. The van der Waals surface area contributed by atoms with Gasteiger partial charge < -0.3 is 0 Å². The quantitative estimate of drug-likeness (QED) is 0.777. The van der Waals surface area contributed by atoms with Crippen LogP contribution in [0.1, 0.15) is 41.4 Å². The number of aromatic nitrogens is 1. The van der Waals surface area contributed by atoms with Crippen LogP contribution in [0.3, 0.4) is 0 Å². The Morgan fingerprint density at radius 2 is 1.83 bits per heavy atom. The monoisotopic (exact) mass is 259 g/mol. The van der Waals surface area contributed by atoms with Crippen LogP contribution in [0.4, 0.5) is 0 Å². The molecule has 0 saturated carbocycles. The second-order valence-electron chi connectivity index (χ2n) is 4.44. The molecule has 0 aliphatic heterocycles. The number of pyridine rings is 1. The van der Waals surface area contributed by atoms with E-state index in [1.807, 2.05) is 24.3 Å². The number of hydrogen-bond donors (Lipinski definition) is 0.